The van der Waals surface area contributed by atoms with Gasteiger partial charge in [-0.2, -0.15) is 5.10 Å². The van der Waals surface area contributed by atoms with Gasteiger partial charge in [-0.25, -0.2) is 9.97 Å². The van der Waals surface area contributed by atoms with Crippen LogP contribution in [0, 0.1) is 5.92 Å². The summed E-state index contributed by atoms with van der Waals surface area (Å²) in [4.78, 5) is 55.4. The normalized spacial score (nSPS) is 18.5. The summed E-state index contributed by atoms with van der Waals surface area (Å²) in [5, 5.41) is 12.0. The number of fused-ring (bicyclic) bond motifs is 4. The van der Waals surface area contributed by atoms with E-state index in [-0.39, 0.29) is 35.4 Å². The summed E-state index contributed by atoms with van der Waals surface area (Å²) < 4.78 is 3.99. The first-order valence-electron chi connectivity index (χ1n) is 18.9. The van der Waals surface area contributed by atoms with E-state index in [0.29, 0.717) is 41.2 Å². The molecule has 0 spiro atoms. The molecule has 5 aromatic rings. The van der Waals surface area contributed by atoms with Gasteiger partial charge in [-0.3, -0.25) is 24.0 Å². The third kappa shape index (κ3) is 5.83. The van der Waals surface area contributed by atoms with Gasteiger partial charge in [-0.1, -0.05) is 18.2 Å². The molecule has 2 amide bonds. The molecule has 1 aromatic carbocycles. The maximum atomic E-state index is 13.9. The van der Waals surface area contributed by atoms with Crippen LogP contribution in [0.25, 0.3) is 22.0 Å². The molecule has 0 bridgehead atoms. The van der Waals surface area contributed by atoms with Crippen LogP contribution in [0.2, 0.25) is 0 Å². The Kier molecular flexibility index (Phi) is 7.60. The number of anilines is 4. The Morgan fingerprint density at radius 3 is 2.51 bits per heavy atom. The fourth-order valence-electron chi connectivity index (χ4n) is 8.27. The molecule has 7 heterocycles. The van der Waals surface area contributed by atoms with Crippen LogP contribution in [0.3, 0.4) is 0 Å². The van der Waals surface area contributed by atoms with Crippen molar-refractivity contribution in [2.24, 2.45) is 5.92 Å². The predicted octanol–water partition coefficient (Wildman–Crippen LogP) is 5.32. The summed E-state index contributed by atoms with van der Waals surface area (Å²) in [5.74, 6) is 0.478. The SMILES string of the molecule is CN1Cc2c(cnn2C2CN(Cc3cccc(C(=O)N4CCCC4)n3)C2)-c2cccc(Nc3cc(NC(=O)C4CC4)nc4ccn(C5CC5)c(=O)c34)c21. The van der Waals surface area contributed by atoms with Crippen molar-refractivity contribution in [3.63, 3.8) is 0 Å². The number of likely N-dealkylation sites (tertiary alicyclic amines) is 2. The van der Waals surface area contributed by atoms with Gasteiger partial charge in [-0.15, -0.1) is 0 Å². The number of hydrogen-bond acceptors (Lipinski definition) is 9. The molecule has 53 heavy (non-hydrogen) atoms. The van der Waals surface area contributed by atoms with E-state index < -0.39 is 0 Å². The van der Waals surface area contributed by atoms with Gasteiger partial charge in [0.2, 0.25) is 5.91 Å². The topological polar surface area (TPSA) is 134 Å². The molecular formula is C40H42N10O3. The number of para-hydroxylation sites is 1. The molecule has 4 aromatic heterocycles. The van der Waals surface area contributed by atoms with Gasteiger partial charge in [0.1, 0.15) is 11.5 Å². The largest absolute Gasteiger partial charge is 0.366 e. The summed E-state index contributed by atoms with van der Waals surface area (Å²) in [5.41, 5.74) is 7.78. The van der Waals surface area contributed by atoms with Crippen molar-refractivity contribution >= 4 is 45.6 Å². The Balaban J connectivity index is 0.906. The third-order valence-corrected chi connectivity index (χ3v) is 11.4. The quantitative estimate of drug-likeness (QED) is 0.209. The molecule has 5 aliphatic rings. The van der Waals surface area contributed by atoms with Crippen molar-refractivity contribution in [3.05, 3.63) is 88.4 Å². The molecule has 3 aliphatic heterocycles. The summed E-state index contributed by atoms with van der Waals surface area (Å²) in [6, 6.07) is 16.1. The van der Waals surface area contributed by atoms with Crippen LogP contribution in [-0.4, -0.2) is 79.2 Å². The lowest BCUT2D eigenvalue weighted by Gasteiger charge is -2.40. The molecule has 270 valence electrons. The van der Waals surface area contributed by atoms with Crippen LogP contribution in [0.5, 0.6) is 0 Å². The number of pyridine rings is 3. The molecular weight excluding hydrogens is 669 g/mol. The molecule has 13 heteroatoms. The summed E-state index contributed by atoms with van der Waals surface area (Å²) in [6.45, 7) is 4.71. The van der Waals surface area contributed by atoms with Crippen molar-refractivity contribution in [2.45, 2.75) is 63.7 Å². The number of nitrogens with one attached hydrogen (secondary N) is 2. The number of amides is 2. The van der Waals surface area contributed by atoms with E-state index in [9.17, 15) is 14.4 Å². The fraction of sp³-hybridized carbons (Fsp3) is 0.400. The number of aromatic nitrogens is 5. The molecule has 2 saturated carbocycles. The lowest BCUT2D eigenvalue weighted by atomic mass is 9.97. The average Bonchev–Trinajstić information content (AvgIpc) is 4.07. The monoisotopic (exact) mass is 710 g/mol. The Morgan fingerprint density at radius 2 is 1.72 bits per heavy atom. The molecule has 13 nitrogen and oxygen atoms in total. The van der Waals surface area contributed by atoms with E-state index in [4.69, 9.17) is 15.1 Å². The van der Waals surface area contributed by atoms with Gasteiger partial charge in [0.15, 0.2) is 0 Å². The van der Waals surface area contributed by atoms with E-state index >= 15 is 0 Å². The minimum Gasteiger partial charge on any atom is -0.366 e. The Bertz CT molecular complexity index is 2350. The Labute approximate surface area is 306 Å². The first-order valence-corrected chi connectivity index (χ1v) is 18.9. The van der Waals surface area contributed by atoms with Crippen molar-refractivity contribution < 1.29 is 9.59 Å². The number of nitrogens with zero attached hydrogens (tertiary/aromatic N) is 8. The molecule has 0 radical (unpaired) electrons. The zero-order valence-electron chi connectivity index (χ0n) is 29.8. The van der Waals surface area contributed by atoms with E-state index in [1.807, 2.05) is 58.3 Å². The van der Waals surface area contributed by atoms with Crippen LogP contribution >= 0.6 is 0 Å². The molecule has 2 saturated heterocycles. The zero-order valence-corrected chi connectivity index (χ0v) is 29.8. The van der Waals surface area contributed by atoms with E-state index in [1.54, 1.807) is 6.07 Å². The van der Waals surface area contributed by atoms with Gasteiger partial charge in [0.05, 0.1) is 58.1 Å². The van der Waals surface area contributed by atoms with Crippen LogP contribution in [0.4, 0.5) is 22.9 Å². The van der Waals surface area contributed by atoms with Gasteiger partial charge < -0.3 is 25.0 Å². The number of benzene rings is 1. The van der Waals surface area contributed by atoms with Crippen LogP contribution < -0.4 is 21.1 Å². The molecule has 4 fully saturated rings. The predicted molar refractivity (Wildman–Crippen MR) is 202 cm³/mol. The maximum Gasteiger partial charge on any atom is 0.272 e. The van der Waals surface area contributed by atoms with E-state index in [2.05, 4.69) is 38.2 Å². The highest BCUT2D eigenvalue weighted by atomic mass is 16.2. The first-order chi connectivity index (χ1) is 25.9. The minimum absolute atomic E-state index is 0.0275. The van der Waals surface area contributed by atoms with Crippen molar-refractivity contribution in [3.8, 4) is 11.1 Å². The van der Waals surface area contributed by atoms with Crippen molar-refractivity contribution in [2.75, 3.05) is 48.8 Å². The number of rotatable bonds is 9. The third-order valence-electron chi connectivity index (χ3n) is 11.4. The van der Waals surface area contributed by atoms with Gasteiger partial charge in [0.25, 0.3) is 11.5 Å². The zero-order chi connectivity index (χ0) is 35.8. The summed E-state index contributed by atoms with van der Waals surface area (Å²) in [7, 11) is 2.09. The van der Waals surface area contributed by atoms with Crippen LogP contribution in [0.1, 0.15) is 72.5 Å². The number of carbonyl (C=O) groups is 2. The highest BCUT2D eigenvalue weighted by molar-refractivity contribution is 6.00. The molecule has 0 unspecified atom stereocenters. The van der Waals surface area contributed by atoms with Gasteiger partial charge in [0, 0.05) is 75.1 Å². The summed E-state index contributed by atoms with van der Waals surface area (Å²) >= 11 is 0. The second-order valence-electron chi connectivity index (χ2n) is 15.3. The Morgan fingerprint density at radius 1 is 0.906 bits per heavy atom. The highest BCUT2D eigenvalue weighted by Crippen LogP contribution is 2.45. The standard InChI is InChI=1S/C40H42N10O3/c1-46-23-34-29(19-41-50(34)27-21-47(22-27)20-25-6-4-9-32(42-25)39(52)48-15-2-3-16-48)28-7-5-8-31(37(28)46)43-33-18-35(45-38(51)24-10-11-24)44-30-14-17-49(26-12-13-26)40(53)36(30)33/h4-9,14,17-19,24,26-27H,2-3,10-13,15-16,20-23H2,1H3,(H2,43,44,45,51). The minimum atomic E-state index is -0.0737. The highest BCUT2D eigenvalue weighted by Gasteiger charge is 2.35. The number of carbonyl (C=O) groups excluding carboxylic acids is 2. The van der Waals surface area contributed by atoms with Gasteiger partial charge >= 0.3 is 0 Å². The van der Waals surface area contributed by atoms with Crippen molar-refractivity contribution in [1.29, 1.82) is 0 Å². The molecule has 0 atom stereocenters. The van der Waals surface area contributed by atoms with Crippen LogP contribution in [-0.2, 0) is 17.9 Å². The second-order valence-corrected chi connectivity index (χ2v) is 15.3. The lowest BCUT2D eigenvalue weighted by molar-refractivity contribution is -0.117. The lowest BCUT2D eigenvalue weighted by Crippen LogP contribution is -2.48. The number of hydrogen-bond donors (Lipinski definition) is 2. The molecule has 2 aliphatic carbocycles. The molecule has 2 N–H and O–H groups in total. The average molecular weight is 711 g/mol. The fourth-order valence-corrected chi connectivity index (χ4v) is 8.27. The van der Waals surface area contributed by atoms with E-state index in [1.165, 1.54) is 5.69 Å². The second kappa shape index (κ2) is 12.5. The Hall–Kier alpha value is -5.56. The van der Waals surface area contributed by atoms with Crippen LogP contribution in [0.15, 0.2) is 65.7 Å². The van der Waals surface area contributed by atoms with E-state index in [0.717, 1.165) is 92.9 Å². The smallest absolute Gasteiger partial charge is 0.272 e. The van der Waals surface area contributed by atoms with Gasteiger partial charge in [-0.05, 0) is 62.8 Å². The maximum absolute atomic E-state index is 13.9. The van der Waals surface area contributed by atoms with Crippen molar-refractivity contribution in [1.82, 2.24) is 34.1 Å². The summed E-state index contributed by atoms with van der Waals surface area (Å²) in [6.07, 6.45) is 9.71. The first kappa shape index (κ1) is 32.1. The molecule has 10 rings (SSSR count).